The van der Waals surface area contributed by atoms with Gasteiger partial charge in [-0.25, -0.2) is 0 Å². The van der Waals surface area contributed by atoms with E-state index in [1.165, 1.54) is 6.26 Å². The first-order valence-electron chi connectivity index (χ1n) is 7.98. The van der Waals surface area contributed by atoms with Gasteiger partial charge in [-0.3, -0.25) is 9.59 Å². The monoisotopic (exact) mass is 350 g/mol. The number of aryl methyl sites for hydroxylation is 1. The lowest BCUT2D eigenvalue weighted by Crippen LogP contribution is -2.15. The van der Waals surface area contributed by atoms with Crippen LogP contribution < -0.4 is 15.4 Å². The van der Waals surface area contributed by atoms with E-state index in [1.807, 2.05) is 19.1 Å². The first-order valence-corrected chi connectivity index (χ1v) is 7.98. The Morgan fingerprint density at radius 2 is 1.69 bits per heavy atom. The molecule has 0 aliphatic heterocycles. The molecule has 2 amide bonds. The van der Waals surface area contributed by atoms with Crippen LogP contribution >= 0.6 is 0 Å². The Labute approximate surface area is 150 Å². The zero-order valence-electron chi connectivity index (χ0n) is 14.4. The molecule has 0 radical (unpaired) electrons. The van der Waals surface area contributed by atoms with Crippen LogP contribution in [0, 0.1) is 6.92 Å². The molecule has 26 heavy (non-hydrogen) atoms. The smallest absolute Gasteiger partial charge is 0.291 e. The Kier molecular flexibility index (Phi) is 5.03. The van der Waals surface area contributed by atoms with Crippen LogP contribution in [-0.2, 0) is 0 Å². The van der Waals surface area contributed by atoms with Gasteiger partial charge < -0.3 is 19.8 Å². The van der Waals surface area contributed by atoms with Crippen molar-refractivity contribution in [1.82, 2.24) is 0 Å². The van der Waals surface area contributed by atoms with Crippen LogP contribution in [0.3, 0.4) is 0 Å². The second-order valence-corrected chi connectivity index (χ2v) is 5.62. The number of carbonyl (C=O) groups is 2. The summed E-state index contributed by atoms with van der Waals surface area (Å²) in [5, 5.41) is 5.57. The number of furan rings is 1. The summed E-state index contributed by atoms with van der Waals surface area (Å²) in [6, 6.07) is 15.5. The number of hydrogen-bond donors (Lipinski definition) is 2. The number of para-hydroxylation sites is 2. The Morgan fingerprint density at radius 1 is 0.923 bits per heavy atom. The molecule has 6 heteroatoms. The average Bonchev–Trinajstić information content (AvgIpc) is 3.18. The topological polar surface area (TPSA) is 80.6 Å². The highest BCUT2D eigenvalue weighted by atomic mass is 16.5. The third-order valence-corrected chi connectivity index (χ3v) is 3.85. The molecule has 132 valence electrons. The third-order valence-electron chi connectivity index (χ3n) is 3.85. The summed E-state index contributed by atoms with van der Waals surface area (Å²) in [5.41, 5.74) is 2.36. The molecule has 0 aliphatic rings. The van der Waals surface area contributed by atoms with Gasteiger partial charge in [-0.1, -0.05) is 18.2 Å². The maximum Gasteiger partial charge on any atom is 0.291 e. The summed E-state index contributed by atoms with van der Waals surface area (Å²) in [5.74, 6) is 0.0935. The molecule has 3 rings (SSSR count). The Hall–Kier alpha value is -3.54. The van der Waals surface area contributed by atoms with Crippen LogP contribution in [0.15, 0.2) is 65.3 Å². The van der Waals surface area contributed by atoms with Crippen molar-refractivity contribution < 1.29 is 18.7 Å². The second kappa shape index (κ2) is 7.57. The Morgan fingerprint density at radius 3 is 2.42 bits per heavy atom. The molecular weight excluding hydrogens is 332 g/mol. The third kappa shape index (κ3) is 3.75. The van der Waals surface area contributed by atoms with Gasteiger partial charge in [0, 0.05) is 11.3 Å². The number of amides is 2. The molecule has 1 aromatic heterocycles. The van der Waals surface area contributed by atoms with Crippen molar-refractivity contribution in [1.29, 1.82) is 0 Å². The van der Waals surface area contributed by atoms with E-state index in [0.29, 0.717) is 22.7 Å². The van der Waals surface area contributed by atoms with Gasteiger partial charge in [-0.05, 0) is 48.9 Å². The largest absolute Gasteiger partial charge is 0.495 e. The number of ether oxygens (including phenoxy) is 1. The van der Waals surface area contributed by atoms with Crippen LogP contribution in [0.25, 0.3) is 0 Å². The van der Waals surface area contributed by atoms with E-state index in [-0.39, 0.29) is 17.6 Å². The number of rotatable bonds is 5. The molecule has 0 spiro atoms. The van der Waals surface area contributed by atoms with Crippen LogP contribution in [-0.4, -0.2) is 18.9 Å². The van der Waals surface area contributed by atoms with Crippen LogP contribution in [0.2, 0.25) is 0 Å². The standard InChI is InChI=1S/C20H18N2O4/c1-13-9-10-14(12-16(13)22-20(24)18-8-5-11-26-18)19(23)21-15-6-3-4-7-17(15)25-2/h3-12H,1-2H3,(H,21,23)(H,22,24). The highest BCUT2D eigenvalue weighted by molar-refractivity contribution is 6.07. The van der Waals surface area contributed by atoms with E-state index < -0.39 is 0 Å². The highest BCUT2D eigenvalue weighted by Crippen LogP contribution is 2.25. The number of carbonyl (C=O) groups excluding carboxylic acids is 2. The van der Waals surface area contributed by atoms with Gasteiger partial charge >= 0.3 is 0 Å². The molecule has 2 N–H and O–H groups in total. The number of hydrogen-bond acceptors (Lipinski definition) is 4. The second-order valence-electron chi connectivity index (χ2n) is 5.62. The summed E-state index contributed by atoms with van der Waals surface area (Å²) >= 11 is 0. The van der Waals surface area contributed by atoms with Gasteiger partial charge in [0.25, 0.3) is 11.8 Å². The molecule has 0 saturated carbocycles. The number of benzene rings is 2. The lowest BCUT2D eigenvalue weighted by molar-refractivity contribution is 0.0993. The zero-order valence-corrected chi connectivity index (χ0v) is 14.4. The SMILES string of the molecule is COc1ccccc1NC(=O)c1ccc(C)c(NC(=O)c2ccco2)c1. The van der Waals surface area contributed by atoms with Crippen LogP contribution in [0.4, 0.5) is 11.4 Å². The quantitative estimate of drug-likeness (QED) is 0.726. The summed E-state index contributed by atoms with van der Waals surface area (Å²) in [4.78, 5) is 24.7. The fourth-order valence-corrected chi connectivity index (χ4v) is 2.43. The van der Waals surface area contributed by atoms with Gasteiger partial charge in [0.1, 0.15) is 5.75 Å². The molecule has 3 aromatic rings. The Balaban J connectivity index is 1.80. The van der Waals surface area contributed by atoms with Gasteiger partial charge in [0.2, 0.25) is 0 Å². The molecule has 0 fully saturated rings. The van der Waals surface area contributed by atoms with Crippen molar-refractivity contribution in [2.24, 2.45) is 0 Å². The first-order chi connectivity index (χ1) is 12.6. The van der Waals surface area contributed by atoms with Crippen molar-refractivity contribution in [3.8, 4) is 5.75 Å². The van der Waals surface area contributed by atoms with Crippen molar-refractivity contribution in [3.63, 3.8) is 0 Å². The maximum atomic E-state index is 12.6. The Bertz CT molecular complexity index is 933. The normalized spacial score (nSPS) is 10.2. The van der Waals surface area contributed by atoms with Gasteiger partial charge in [0.15, 0.2) is 5.76 Å². The summed E-state index contributed by atoms with van der Waals surface area (Å²) in [6.07, 6.45) is 1.43. The van der Waals surface area contributed by atoms with Gasteiger partial charge in [0.05, 0.1) is 19.1 Å². The van der Waals surface area contributed by atoms with Crippen molar-refractivity contribution >= 4 is 23.2 Å². The molecule has 0 aliphatic carbocycles. The predicted molar refractivity (Wildman–Crippen MR) is 98.8 cm³/mol. The van der Waals surface area contributed by atoms with E-state index in [2.05, 4.69) is 10.6 Å². The molecule has 0 unspecified atom stereocenters. The zero-order chi connectivity index (χ0) is 18.5. The summed E-state index contributed by atoms with van der Waals surface area (Å²) in [6.45, 7) is 1.85. The number of nitrogens with one attached hydrogen (secondary N) is 2. The molecule has 6 nitrogen and oxygen atoms in total. The van der Waals surface area contributed by atoms with Crippen molar-refractivity contribution in [2.45, 2.75) is 6.92 Å². The summed E-state index contributed by atoms with van der Waals surface area (Å²) in [7, 11) is 1.54. The van der Waals surface area contributed by atoms with E-state index >= 15 is 0 Å². The van der Waals surface area contributed by atoms with E-state index in [9.17, 15) is 9.59 Å². The van der Waals surface area contributed by atoms with E-state index in [0.717, 1.165) is 5.56 Å². The van der Waals surface area contributed by atoms with Gasteiger partial charge in [-0.2, -0.15) is 0 Å². The van der Waals surface area contributed by atoms with E-state index in [4.69, 9.17) is 9.15 Å². The average molecular weight is 350 g/mol. The minimum atomic E-state index is -0.375. The molecule has 1 heterocycles. The molecule has 0 atom stereocenters. The van der Waals surface area contributed by atoms with Crippen LogP contribution in [0.5, 0.6) is 5.75 Å². The lowest BCUT2D eigenvalue weighted by atomic mass is 10.1. The summed E-state index contributed by atoms with van der Waals surface area (Å²) < 4.78 is 10.3. The minimum absolute atomic E-state index is 0.202. The first kappa shape index (κ1) is 17.3. The fraction of sp³-hybridized carbons (Fsp3) is 0.100. The van der Waals surface area contributed by atoms with Crippen molar-refractivity contribution in [3.05, 3.63) is 77.7 Å². The molecular formula is C20H18N2O4. The van der Waals surface area contributed by atoms with Crippen molar-refractivity contribution in [2.75, 3.05) is 17.7 Å². The minimum Gasteiger partial charge on any atom is -0.495 e. The fourth-order valence-electron chi connectivity index (χ4n) is 2.43. The number of methoxy groups -OCH3 is 1. The molecule has 0 bridgehead atoms. The lowest BCUT2D eigenvalue weighted by Gasteiger charge is -2.12. The number of anilines is 2. The predicted octanol–water partition coefficient (Wildman–Crippen LogP) is 4.10. The van der Waals surface area contributed by atoms with Gasteiger partial charge in [-0.15, -0.1) is 0 Å². The molecule has 2 aromatic carbocycles. The highest BCUT2D eigenvalue weighted by Gasteiger charge is 2.14. The molecule has 0 saturated heterocycles. The maximum absolute atomic E-state index is 12.6. The van der Waals surface area contributed by atoms with E-state index in [1.54, 1.807) is 49.6 Å². The van der Waals surface area contributed by atoms with Crippen LogP contribution in [0.1, 0.15) is 26.5 Å².